The van der Waals surface area contributed by atoms with E-state index in [1.54, 1.807) is 11.0 Å². The van der Waals surface area contributed by atoms with Crippen molar-refractivity contribution in [2.75, 3.05) is 17.3 Å². The van der Waals surface area contributed by atoms with Crippen LogP contribution in [-0.4, -0.2) is 18.3 Å². The smallest absolute Gasteiger partial charge is 0.227 e. The Morgan fingerprint density at radius 1 is 1.47 bits per heavy atom. The van der Waals surface area contributed by atoms with E-state index in [9.17, 15) is 9.18 Å². The minimum Gasteiger partial charge on any atom is -0.312 e. The molecule has 0 radical (unpaired) electrons. The first-order valence-electron chi connectivity index (χ1n) is 5.76. The van der Waals surface area contributed by atoms with Gasteiger partial charge in [0, 0.05) is 24.5 Å². The lowest BCUT2D eigenvalue weighted by molar-refractivity contribution is -0.119. The number of aryl methyl sites for hydroxylation is 1. The summed E-state index contributed by atoms with van der Waals surface area (Å²) < 4.78 is 13.3. The van der Waals surface area contributed by atoms with Gasteiger partial charge in [-0.05, 0) is 30.0 Å². The maximum Gasteiger partial charge on any atom is 0.227 e. The van der Waals surface area contributed by atoms with E-state index in [2.05, 4.69) is 0 Å². The van der Waals surface area contributed by atoms with Crippen molar-refractivity contribution in [2.24, 2.45) is 5.92 Å². The molecule has 92 valence electrons. The summed E-state index contributed by atoms with van der Waals surface area (Å²) >= 11 is 5.77. The zero-order chi connectivity index (χ0) is 12.4. The van der Waals surface area contributed by atoms with Crippen molar-refractivity contribution in [1.82, 2.24) is 0 Å². The Balaban J connectivity index is 2.32. The highest BCUT2D eigenvalue weighted by Gasteiger charge is 2.25. The topological polar surface area (TPSA) is 20.3 Å². The van der Waals surface area contributed by atoms with E-state index in [4.69, 9.17) is 11.6 Å². The fraction of sp³-hybridized carbons (Fsp3) is 0.462. The van der Waals surface area contributed by atoms with Crippen LogP contribution in [0.2, 0.25) is 0 Å². The number of anilines is 1. The number of fused-ring (bicyclic) bond motifs is 1. The largest absolute Gasteiger partial charge is 0.312 e. The fourth-order valence-corrected chi connectivity index (χ4v) is 2.17. The van der Waals surface area contributed by atoms with Crippen LogP contribution in [0.1, 0.15) is 18.9 Å². The van der Waals surface area contributed by atoms with E-state index in [0.717, 1.165) is 5.56 Å². The molecule has 1 unspecified atom stereocenters. The van der Waals surface area contributed by atoms with Crippen LogP contribution in [-0.2, 0) is 11.2 Å². The molecule has 1 aromatic carbocycles. The third-order valence-corrected chi connectivity index (χ3v) is 3.53. The monoisotopic (exact) mass is 255 g/mol. The quantitative estimate of drug-likeness (QED) is 0.761. The number of rotatable bonds is 3. The molecule has 2 rings (SSSR count). The van der Waals surface area contributed by atoms with Gasteiger partial charge in [-0.25, -0.2) is 4.39 Å². The molecule has 0 aliphatic carbocycles. The lowest BCUT2D eigenvalue weighted by atomic mass is 10.00. The Hall–Kier alpha value is -1.09. The van der Waals surface area contributed by atoms with Gasteiger partial charge in [0.1, 0.15) is 5.82 Å². The van der Waals surface area contributed by atoms with E-state index in [-0.39, 0.29) is 17.6 Å². The number of hydrogen-bond donors (Lipinski definition) is 0. The summed E-state index contributed by atoms with van der Waals surface area (Å²) in [6, 6.07) is 4.64. The van der Waals surface area contributed by atoms with Crippen LogP contribution in [0.3, 0.4) is 0 Å². The van der Waals surface area contributed by atoms with Gasteiger partial charge in [-0.15, -0.1) is 11.6 Å². The molecule has 1 amide bonds. The minimum absolute atomic E-state index is 0.0556. The normalized spacial score (nSPS) is 16.9. The van der Waals surface area contributed by atoms with E-state index in [1.807, 2.05) is 6.92 Å². The Morgan fingerprint density at radius 2 is 2.24 bits per heavy atom. The Morgan fingerprint density at radius 3 is 2.94 bits per heavy atom. The van der Waals surface area contributed by atoms with Crippen LogP contribution in [0.5, 0.6) is 0 Å². The highest BCUT2D eigenvalue weighted by Crippen LogP contribution is 2.29. The fourth-order valence-electron chi connectivity index (χ4n) is 2.07. The number of carbonyl (C=O) groups is 1. The van der Waals surface area contributed by atoms with Crippen molar-refractivity contribution in [3.8, 4) is 0 Å². The summed E-state index contributed by atoms with van der Waals surface area (Å²) in [6.07, 6.45) is 1.19. The van der Waals surface area contributed by atoms with Crippen LogP contribution < -0.4 is 4.90 Å². The Bertz CT molecular complexity index is 435. The summed E-state index contributed by atoms with van der Waals surface area (Å²) in [5.41, 5.74) is 1.74. The van der Waals surface area contributed by atoms with E-state index >= 15 is 0 Å². The van der Waals surface area contributed by atoms with Crippen LogP contribution in [0, 0.1) is 11.7 Å². The second-order valence-corrected chi connectivity index (χ2v) is 4.85. The van der Waals surface area contributed by atoms with Crippen molar-refractivity contribution >= 4 is 23.2 Å². The van der Waals surface area contributed by atoms with Gasteiger partial charge in [-0.2, -0.15) is 0 Å². The Labute approximate surface area is 105 Å². The van der Waals surface area contributed by atoms with E-state index in [0.29, 0.717) is 31.0 Å². The summed E-state index contributed by atoms with van der Waals surface area (Å²) in [6.45, 7) is 2.53. The van der Waals surface area contributed by atoms with Gasteiger partial charge < -0.3 is 4.90 Å². The molecule has 1 atom stereocenters. The van der Waals surface area contributed by atoms with Crippen LogP contribution in [0.25, 0.3) is 0 Å². The number of carbonyl (C=O) groups excluding carboxylic acids is 1. The van der Waals surface area contributed by atoms with E-state index in [1.165, 1.54) is 12.1 Å². The molecule has 17 heavy (non-hydrogen) atoms. The number of benzene rings is 1. The average Bonchev–Trinajstić information content (AvgIpc) is 2.32. The average molecular weight is 256 g/mol. The van der Waals surface area contributed by atoms with Crippen molar-refractivity contribution in [2.45, 2.75) is 19.8 Å². The molecule has 0 saturated heterocycles. The first kappa shape index (κ1) is 12.4. The van der Waals surface area contributed by atoms with Crippen LogP contribution in [0.15, 0.2) is 18.2 Å². The number of hydrogen-bond acceptors (Lipinski definition) is 1. The lowest BCUT2D eigenvalue weighted by Crippen LogP contribution is -2.38. The maximum atomic E-state index is 13.3. The van der Waals surface area contributed by atoms with Crippen molar-refractivity contribution in [3.63, 3.8) is 0 Å². The number of nitrogens with zero attached hydrogens (tertiary/aromatic N) is 1. The molecule has 0 saturated carbocycles. The molecular weight excluding hydrogens is 241 g/mol. The molecule has 2 nitrogen and oxygen atoms in total. The summed E-state index contributed by atoms with van der Waals surface area (Å²) in [4.78, 5) is 13.5. The molecule has 0 fully saturated rings. The van der Waals surface area contributed by atoms with Gasteiger partial charge in [0.25, 0.3) is 0 Å². The van der Waals surface area contributed by atoms with Crippen LogP contribution in [0.4, 0.5) is 10.1 Å². The molecule has 0 bridgehead atoms. The SMILES string of the molecule is CC(CCl)CN1C(=O)CCc2ccc(F)cc21. The van der Waals surface area contributed by atoms with E-state index < -0.39 is 0 Å². The molecule has 0 N–H and O–H groups in total. The first-order chi connectivity index (χ1) is 8.11. The molecule has 4 heteroatoms. The number of amides is 1. The summed E-state index contributed by atoms with van der Waals surface area (Å²) in [5, 5.41) is 0. The lowest BCUT2D eigenvalue weighted by Gasteiger charge is -2.31. The molecule has 1 aliphatic heterocycles. The highest BCUT2D eigenvalue weighted by molar-refractivity contribution is 6.18. The van der Waals surface area contributed by atoms with Gasteiger partial charge in [0.2, 0.25) is 5.91 Å². The van der Waals surface area contributed by atoms with Gasteiger partial charge in [-0.1, -0.05) is 13.0 Å². The second-order valence-electron chi connectivity index (χ2n) is 4.54. The Kier molecular flexibility index (Phi) is 3.67. The van der Waals surface area contributed by atoms with Gasteiger partial charge in [0.05, 0.1) is 0 Å². The minimum atomic E-state index is -0.304. The molecular formula is C13H15ClFNO. The molecule has 1 aromatic rings. The van der Waals surface area contributed by atoms with Crippen molar-refractivity contribution < 1.29 is 9.18 Å². The summed E-state index contributed by atoms with van der Waals surface area (Å²) in [5.74, 6) is 0.450. The zero-order valence-corrected chi connectivity index (χ0v) is 10.5. The van der Waals surface area contributed by atoms with Crippen molar-refractivity contribution in [3.05, 3.63) is 29.6 Å². The highest BCUT2D eigenvalue weighted by atomic mass is 35.5. The first-order valence-corrected chi connectivity index (χ1v) is 6.30. The number of alkyl halides is 1. The summed E-state index contributed by atoms with van der Waals surface area (Å²) in [7, 11) is 0. The number of halogens is 2. The zero-order valence-electron chi connectivity index (χ0n) is 9.75. The van der Waals surface area contributed by atoms with Gasteiger partial charge in [0.15, 0.2) is 0 Å². The van der Waals surface area contributed by atoms with Gasteiger partial charge >= 0.3 is 0 Å². The molecule has 1 aliphatic rings. The predicted molar refractivity (Wildman–Crippen MR) is 67.0 cm³/mol. The van der Waals surface area contributed by atoms with Crippen molar-refractivity contribution in [1.29, 1.82) is 0 Å². The van der Waals surface area contributed by atoms with Crippen LogP contribution >= 0.6 is 11.6 Å². The third-order valence-electron chi connectivity index (χ3n) is 3.01. The predicted octanol–water partition coefficient (Wildman–Crippen LogP) is 2.98. The van der Waals surface area contributed by atoms with Gasteiger partial charge in [-0.3, -0.25) is 4.79 Å². The molecule has 0 spiro atoms. The standard InChI is InChI=1S/C13H15ClFNO/c1-9(7-14)8-16-12-6-11(15)4-2-10(12)3-5-13(16)17/h2,4,6,9H,3,5,7-8H2,1H3. The third kappa shape index (κ3) is 2.60. The maximum absolute atomic E-state index is 13.3. The molecule has 1 heterocycles. The second kappa shape index (κ2) is 5.05. The molecule has 0 aromatic heterocycles.